The fourth-order valence-electron chi connectivity index (χ4n) is 3.33. The number of imidazole rings is 1. The highest BCUT2D eigenvalue weighted by Crippen LogP contribution is 2.26. The summed E-state index contributed by atoms with van der Waals surface area (Å²) < 4.78 is 7.71. The Morgan fingerprint density at radius 2 is 2.00 bits per heavy atom. The van der Waals surface area contributed by atoms with Crippen molar-refractivity contribution in [1.82, 2.24) is 9.38 Å². The van der Waals surface area contributed by atoms with Crippen LogP contribution in [-0.4, -0.2) is 15.3 Å². The summed E-state index contributed by atoms with van der Waals surface area (Å²) in [5, 5.41) is 12.2. The SMILES string of the molecule is CCC(C#N)c1cccc(C(=O)Nc2cccc(Oc3ccc4nc(N)cn4c3)c2)c1. The molecule has 7 heteroatoms. The van der Waals surface area contributed by atoms with Gasteiger partial charge in [-0.2, -0.15) is 5.26 Å². The van der Waals surface area contributed by atoms with Gasteiger partial charge in [0.1, 0.15) is 23.0 Å². The number of nitrogens with zero attached hydrogens (tertiary/aromatic N) is 3. The predicted octanol–water partition coefficient (Wildman–Crippen LogP) is 4.98. The van der Waals surface area contributed by atoms with Crippen LogP contribution in [0.2, 0.25) is 0 Å². The van der Waals surface area contributed by atoms with Crippen molar-refractivity contribution < 1.29 is 9.53 Å². The van der Waals surface area contributed by atoms with Gasteiger partial charge in [0, 0.05) is 17.3 Å². The summed E-state index contributed by atoms with van der Waals surface area (Å²) in [6.07, 6.45) is 4.19. The molecule has 2 heterocycles. The molecular formula is C24H21N5O2. The molecule has 31 heavy (non-hydrogen) atoms. The summed E-state index contributed by atoms with van der Waals surface area (Å²) in [7, 11) is 0. The van der Waals surface area contributed by atoms with Crippen molar-refractivity contribution >= 4 is 23.1 Å². The highest BCUT2D eigenvalue weighted by molar-refractivity contribution is 6.04. The number of amides is 1. The van der Waals surface area contributed by atoms with Crippen molar-refractivity contribution in [2.24, 2.45) is 0 Å². The van der Waals surface area contributed by atoms with E-state index in [0.717, 1.165) is 11.2 Å². The minimum atomic E-state index is -0.248. The molecule has 0 saturated carbocycles. The van der Waals surface area contributed by atoms with Crippen LogP contribution in [-0.2, 0) is 0 Å². The van der Waals surface area contributed by atoms with Gasteiger partial charge in [-0.05, 0) is 48.4 Å². The molecule has 1 amide bonds. The number of nitrogen functional groups attached to an aromatic ring is 1. The minimum absolute atomic E-state index is 0.229. The highest BCUT2D eigenvalue weighted by atomic mass is 16.5. The summed E-state index contributed by atoms with van der Waals surface area (Å²) in [6, 6.07) is 20.2. The first kappa shape index (κ1) is 20.0. The van der Waals surface area contributed by atoms with Crippen molar-refractivity contribution in [3.05, 3.63) is 84.2 Å². The number of anilines is 2. The lowest BCUT2D eigenvalue weighted by molar-refractivity contribution is 0.102. The van der Waals surface area contributed by atoms with Gasteiger partial charge >= 0.3 is 0 Å². The summed E-state index contributed by atoms with van der Waals surface area (Å²) >= 11 is 0. The lowest BCUT2D eigenvalue weighted by Crippen LogP contribution is -2.12. The number of hydrogen-bond acceptors (Lipinski definition) is 5. The van der Waals surface area contributed by atoms with Gasteiger partial charge in [0.15, 0.2) is 0 Å². The number of aromatic nitrogens is 2. The number of nitriles is 1. The summed E-state index contributed by atoms with van der Waals surface area (Å²) in [5.41, 5.74) is 8.40. The molecule has 154 valence electrons. The number of carbonyl (C=O) groups is 1. The van der Waals surface area contributed by atoms with E-state index in [4.69, 9.17) is 10.5 Å². The molecule has 0 radical (unpaired) electrons. The highest BCUT2D eigenvalue weighted by Gasteiger charge is 2.12. The monoisotopic (exact) mass is 411 g/mol. The van der Waals surface area contributed by atoms with Gasteiger partial charge in [0.2, 0.25) is 0 Å². The molecule has 3 N–H and O–H groups in total. The Morgan fingerprint density at radius 1 is 1.16 bits per heavy atom. The standard InChI is InChI=1S/C24H21N5O2/c1-2-16(13-25)17-5-3-6-18(11-17)24(30)27-19-7-4-8-20(12-19)31-21-9-10-23-28-22(26)15-29(23)14-21/h3-12,14-16H,2,26H2,1H3,(H,27,30). The van der Waals surface area contributed by atoms with Crippen LogP contribution in [0.3, 0.4) is 0 Å². The summed E-state index contributed by atoms with van der Waals surface area (Å²) in [5.74, 6) is 1.15. The van der Waals surface area contributed by atoms with E-state index in [9.17, 15) is 10.1 Å². The molecule has 2 aromatic heterocycles. The quantitative estimate of drug-likeness (QED) is 0.465. The average Bonchev–Trinajstić information content (AvgIpc) is 3.14. The van der Waals surface area contributed by atoms with E-state index in [1.165, 1.54) is 0 Å². The molecule has 0 bridgehead atoms. The molecule has 0 aliphatic rings. The number of hydrogen-bond donors (Lipinski definition) is 2. The van der Waals surface area contributed by atoms with E-state index in [2.05, 4.69) is 16.4 Å². The molecule has 0 saturated heterocycles. The summed E-state index contributed by atoms with van der Waals surface area (Å²) in [4.78, 5) is 16.9. The molecule has 1 unspecified atom stereocenters. The lowest BCUT2D eigenvalue weighted by Gasteiger charge is -2.11. The van der Waals surface area contributed by atoms with Gasteiger partial charge in [-0.25, -0.2) is 4.98 Å². The largest absolute Gasteiger partial charge is 0.456 e. The molecular weight excluding hydrogens is 390 g/mol. The number of benzene rings is 2. The zero-order chi connectivity index (χ0) is 21.8. The zero-order valence-corrected chi connectivity index (χ0v) is 16.9. The van der Waals surface area contributed by atoms with Crippen molar-refractivity contribution in [2.45, 2.75) is 19.3 Å². The van der Waals surface area contributed by atoms with Crippen molar-refractivity contribution in [2.75, 3.05) is 11.1 Å². The molecule has 1 atom stereocenters. The predicted molar refractivity (Wildman–Crippen MR) is 119 cm³/mol. The number of nitrogens with two attached hydrogens (primary N) is 1. The molecule has 4 rings (SSSR count). The van der Waals surface area contributed by atoms with E-state index in [1.807, 2.05) is 25.1 Å². The molecule has 4 aromatic rings. The Bertz CT molecular complexity index is 1290. The fourth-order valence-corrected chi connectivity index (χ4v) is 3.33. The zero-order valence-electron chi connectivity index (χ0n) is 16.9. The van der Waals surface area contributed by atoms with Crippen molar-refractivity contribution in [1.29, 1.82) is 5.26 Å². The van der Waals surface area contributed by atoms with E-state index >= 15 is 0 Å². The van der Waals surface area contributed by atoms with Crippen LogP contribution >= 0.6 is 0 Å². The number of rotatable bonds is 6. The first-order valence-corrected chi connectivity index (χ1v) is 9.89. The van der Waals surface area contributed by atoms with Gasteiger partial charge in [0.25, 0.3) is 5.91 Å². The molecule has 0 aliphatic carbocycles. The Labute approximate surface area is 179 Å². The Kier molecular flexibility index (Phi) is 5.54. The van der Waals surface area contributed by atoms with Gasteiger partial charge in [-0.3, -0.25) is 4.79 Å². The van der Waals surface area contributed by atoms with E-state index in [1.54, 1.807) is 59.3 Å². The Hall–Kier alpha value is -4.31. The van der Waals surface area contributed by atoms with Crippen LogP contribution in [0.25, 0.3) is 5.65 Å². The van der Waals surface area contributed by atoms with E-state index < -0.39 is 0 Å². The second kappa shape index (κ2) is 8.59. The molecule has 0 aliphatic heterocycles. The number of pyridine rings is 1. The second-order valence-electron chi connectivity index (χ2n) is 7.10. The normalized spacial score (nSPS) is 11.6. The first-order chi connectivity index (χ1) is 15.1. The van der Waals surface area contributed by atoms with Gasteiger partial charge in [0.05, 0.1) is 24.4 Å². The van der Waals surface area contributed by atoms with Crippen LogP contribution in [0.4, 0.5) is 11.5 Å². The molecule has 0 fully saturated rings. The number of nitrogens with one attached hydrogen (secondary N) is 1. The second-order valence-corrected chi connectivity index (χ2v) is 7.10. The van der Waals surface area contributed by atoms with E-state index in [-0.39, 0.29) is 11.8 Å². The van der Waals surface area contributed by atoms with Crippen LogP contribution < -0.4 is 15.8 Å². The van der Waals surface area contributed by atoms with Crippen molar-refractivity contribution in [3.63, 3.8) is 0 Å². The average molecular weight is 411 g/mol. The number of carbonyl (C=O) groups excluding carboxylic acids is 1. The van der Waals surface area contributed by atoms with Crippen molar-refractivity contribution in [3.8, 4) is 17.6 Å². The van der Waals surface area contributed by atoms with Gasteiger partial charge in [-0.1, -0.05) is 25.1 Å². The van der Waals surface area contributed by atoms with Crippen LogP contribution in [0.15, 0.2) is 73.1 Å². The molecule has 0 spiro atoms. The molecule has 7 nitrogen and oxygen atoms in total. The maximum Gasteiger partial charge on any atom is 0.255 e. The Morgan fingerprint density at radius 3 is 2.81 bits per heavy atom. The summed E-state index contributed by atoms with van der Waals surface area (Å²) in [6.45, 7) is 1.95. The van der Waals surface area contributed by atoms with E-state index in [0.29, 0.717) is 35.0 Å². The maximum atomic E-state index is 12.7. The fraction of sp³-hybridized carbons (Fsp3) is 0.125. The topological polar surface area (TPSA) is 105 Å². The molecule has 2 aromatic carbocycles. The third-order valence-electron chi connectivity index (χ3n) is 4.89. The van der Waals surface area contributed by atoms with Crippen LogP contribution in [0, 0.1) is 11.3 Å². The maximum absolute atomic E-state index is 12.7. The third-order valence-corrected chi connectivity index (χ3v) is 4.89. The lowest BCUT2D eigenvalue weighted by atomic mass is 9.96. The third kappa shape index (κ3) is 4.49. The minimum Gasteiger partial charge on any atom is -0.456 e. The number of fused-ring (bicyclic) bond motifs is 1. The number of ether oxygens (including phenoxy) is 1. The first-order valence-electron chi connectivity index (χ1n) is 9.89. The van der Waals surface area contributed by atoms with Crippen LogP contribution in [0.5, 0.6) is 11.5 Å². The smallest absolute Gasteiger partial charge is 0.255 e. The van der Waals surface area contributed by atoms with Crippen LogP contribution in [0.1, 0.15) is 35.2 Å². The van der Waals surface area contributed by atoms with Gasteiger partial charge in [-0.15, -0.1) is 0 Å². The Balaban J connectivity index is 1.50. The van der Waals surface area contributed by atoms with Gasteiger partial charge < -0.3 is 20.2 Å².